The average molecular weight is 228 g/mol. The zero-order valence-corrected chi connectivity index (χ0v) is 9.97. The Morgan fingerprint density at radius 2 is 2.12 bits per heavy atom. The first kappa shape index (κ1) is 11.8. The van der Waals surface area contributed by atoms with Crippen LogP contribution in [0.15, 0.2) is 30.3 Å². The van der Waals surface area contributed by atoms with E-state index in [-0.39, 0.29) is 11.8 Å². The van der Waals surface area contributed by atoms with Gasteiger partial charge in [0.15, 0.2) is 5.78 Å². The van der Waals surface area contributed by atoms with Gasteiger partial charge in [-0.25, -0.2) is 0 Å². The highest BCUT2D eigenvalue weighted by atomic mass is 16.1. The number of likely N-dealkylation sites (tertiary alicyclic amines) is 1. The number of piperidine rings is 1. The highest BCUT2D eigenvalue weighted by Gasteiger charge is 2.33. The van der Waals surface area contributed by atoms with E-state index in [1.54, 1.807) is 0 Å². The maximum Gasteiger partial charge on any atom is 0.166 e. The number of carbonyl (C=O) groups excluding carboxylic acids is 1. The third kappa shape index (κ3) is 2.54. The zero-order valence-electron chi connectivity index (χ0n) is 9.97. The van der Waals surface area contributed by atoms with E-state index in [9.17, 15) is 4.79 Å². The number of rotatable bonds is 2. The number of hydrogen-bond acceptors (Lipinski definition) is 3. The Balaban J connectivity index is 2.05. The summed E-state index contributed by atoms with van der Waals surface area (Å²) in [6.07, 6.45) is 0.659. The first-order chi connectivity index (χ1) is 8.22. The van der Waals surface area contributed by atoms with Crippen LogP contribution < -0.4 is 0 Å². The van der Waals surface area contributed by atoms with E-state index in [2.05, 4.69) is 23.1 Å². The molecule has 88 valence electrons. The van der Waals surface area contributed by atoms with Gasteiger partial charge >= 0.3 is 0 Å². The fourth-order valence-electron chi connectivity index (χ4n) is 2.26. The molecule has 1 aromatic rings. The van der Waals surface area contributed by atoms with Gasteiger partial charge < -0.3 is 0 Å². The lowest BCUT2D eigenvalue weighted by Gasteiger charge is -2.34. The lowest BCUT2D eigenvalue weighted by Crippen LogP contribution is -2.47. The van der Waals surface area contributed by atoms with Crippen molar-refractivity contribution < 1.29 is 4.79 Å². The van der Waals surface area contributed by atoms with Crippen LogP contribution in [0.3, 0.4) is 0 Å². The first-order valence-electron chi connectivity index (χ1n) is 5.93. The summed E-state index contributed by atoms with van der Waals surface area (Å²) in [4.78, 5) is 14.0. The smallest absolute Gasteiger partial charge is 0.166 e. The molecule has 1 saturated heterocycles. The summed E-state index contributed by atoms with van der Waals surface area (Å²) < 4.78 is 0. The van der Waals surface area contributed by atoms with Crippen LogP contribution in [0.25, 0.3) is 0 Å². The van der Waals surface area contributed by atoms with Crippen LogP contribution in [0, 0.1) is 17.2 Å². The molecule has 0 amide bonds. The molecule has 0 N–H and O–H groups in total. The Morgan fingerprint density at radius 3 is 2.76 bits per heavy atom. The van der Waals surface area contributed by atoms with Crippen molar-refractivity contribution in [1.82, 2.24) is 4.90 Å². The van der Waals surface area contributed by atoms with Crippen LogP contribution in [0.1, 0.15) is 18.9 Å². The number of ketones is 1. The van der Waals surface area contributed by atoms with Gasteiger partial charge in [-0.2, -0.15) is 5.26 Å². The number of nitriles is 1. The average Bonchev–Trinajstić information content (AvgIpc) is 2.37. The predicted molar refractivity (Wildman–Crippen MR) is 65.0 cm³/mol. The molecule has 0 bridgehead atoms. The fraction of sp³-hybridized carbons (Fsp3) is 0.429. The minimum absolute atomic E-state index is 0.0645. The van der Waals surface area contributed by atoms with Crippen LogP contribution >= 0.6 is 0 Å². The molecule has 0 saturated carbocycles. The van der Waals surface area contributed by atoms with Gasteiger partial charge in [0.05, 0.1) is 12.1 Å². The third-order valence-corrected chi connectivity index (χ3v) is 3.39. The molecule has 0 aliphatic carbocycles. The van der Waals surface area contributed by atoms with Gasteiger partial charge in [-0.3, -0.25) is 9.69 Å². The molecular weight excluding hydrogens is 212 g/mol. The van der Waals surface area contributed by atoms with E-state index < -0.39 is 5.92 Å². The van der Waals surface area contributed by atoms with Gasteiger partial charge in [0.1, 0.15) is 5.92 Å². The molecular formula is C14H16N2O. The van der Waals surface area contributed by atoms with E-state index in [4.69, 9.17) is 5.26 Å². The van der Waals surface area contributed by atoms with Crippen LogP contribution in [0.5, 0.6) is 0 Å². The quantitative estimate of drug-likeness (QED) is 0.777. The monoisotopic (exact) mass is 228 g/mol. The summed E-state index contributed by atoms with van der Waals surface area (Å²) in [6.45, 7) is 3.50. The van der Waals surface area contributed by atoms with E-state index in [0.717, 1.165) is 13.1 Å². The largest absolute Gasteiger partial charge is 0.296 e. The number of carbonyl (C=O) groups is 1. The molecule has 1 aliphatic rings. The highest BCUT2D eigenvalue weighted by molar-refractivity contribution is 5.88. The van der Waals surface area contributed by atoms with Crippen molar-refractivity contribution in [2.75, 3.05) is 6.54 Å². The Kier molecular flexibility index (Phi) is 3.55. The molecule has 0 aromatic heterocycles. The van der Waals surface area contributed by atoms with E-state index in [1.807, 2.05) is 25.1 Å². The summed E-state index contributed by atoms with van der Waals surface area (Å²) >= 11 is 0. The number of hydrogen-bond donors (Lipinski definition) is 0. The van der Waals surface area contributed by atoms with Crippen molar-refractivity contribution in [3.05, 3.63) is 35.9 Å². The van der Waals surface area contributed by atoms with Crippen molar-refractivity contribution in [2.45, 2.75) is 25.9 Å². The molecule has 1 aliphatic heterocycles. The standard InChI is InChI=1S/C14H16N2O/c1-11-14(17)13(9-15)7-8-16(11)10-12-5-3-2-4-6-12/h2-6,11,13H,7-8,10H2,1H3. The minimum Gasteiger partial charge on any atom is -0.296 e. The highest BCUT2D eigenvalue weighted by Crippen LogP contribution is 2.20. The summed E-state index contributed by atoms with van der Waals surface area (Å²) in [5.41, 5.74) is 1.21. The van der Waals surface area contributed by atoms with Crippen molar-refractivity contribution in [3.63, 3.8) is 0 Å². The molecule has 2 atom stereocenters. The molecule has 3 nitrogen and oxygen atoms in total. The Bertz CT molecular complexity index is 435. The Morgan fingerprint density at radius 1 is 1.41 bits per heavy atom. The van der Waals surface area contributed by atoms with Crippen molar-refractivity contribution in [3.8, 4) is 6.07 Å². The fourth-order valence-corrected chi connectivity index (χ4v) is 2.26. The van der Waals surface area contributed by atoms with Crippen LogP contribution in [-0.4, -0.2) is 23.3 Å². The van der Waals surface area contributed by atoms with Gasteiger partial charge in [-0.05, 0) is 18.9 Å². The maximum absolute atomic E-state index is 11.9. The van der Waals surface area contributed by atoms with Crippen molar-refractivity contribution in [2.24, 2.45) is 5.92 Å². The molecule has 2 rings (SSSR count). The Hall–Kier alpha value is -1.66. The summed E-state index contributed by atoms with van der Waals surface area (Å²) in [5, 5.41) is 8.87. The summed E-state index contributed by atoms with van der Waals surface area (Å²) in [6, 6.07) is 12.1. The first-order valence-corrected chi connectivity index (χ1v) is 5.93. The van der Waals surface area contributed by atoms with Gasteiger partial charge in [0.25, 0.3) is 0 Å². The van der Waals surface area contributed by atoms with Crippen molar-refractivity contribution >= 4 is 5.78 Å². The summed E-state index contributed by atoms with van der Waals surface area (Å²) in [7, 11) is 0. The second kappa shape index (κ2) is 5.11. The van der Waals surface area contributed by atoms with E-state index in [0.29, 0.717) is 6.42 Å². The summed E-state index contributed by atoms with van der Waals surface area (Å²) in [5.74, 6) is -0.341. The minimum atomic E-state index is -0.406. The molecule has 2 unspecified atom stereocenters. The maximum atomic E-state index is 11.9. The van der Waals surface area contributed by atoms with Gasteiger partial charge in [0, 0.05) is 13.1 Å². The Labute approximate surface area is 102 Å². The van der Waals surface area contributed by atoms with Gasteiger partial charge in [0.2, 0.25) is 0 Å². The van der Waals surface area contributed by atoms with Crippen molar-refractivity contribution in [1.29, 1.82) is 5.26 Å². The van der Waals surface area contributed by atoms with E-state index in [1.165, 1.54) is 5.56 Å². The van der Waals surface area contributed by atoms with Crippen LogP contribution in [0.2, 0.25) is 0 Å². The van der Waals surface area contributed by atoms with Gasteiger partial charge in [-0.15, -0.1) is 0 Å². The molecule has 0 spiro atoms. The normalized spacial score (nSPS) is 25.5. The number of benzene rings is 1. The van der Waals surface area contributed by atoms with Crippen LogP contribution in [0.4, 0.5) is 0 Å². The second-order valence-corrected chi connectivity index (χ2v) is 4.50. The van der Waals surface area contributed by atoms with E-state index >= 15 is 0 Å². The molecule has 17 heavy (non-hydrogen) atoms. The molecule has 1 fully saturated rings. The second-order valence-electron chi connectivity index (χ2n) is 4.50. The molecule has 0 radical (unpaired) electrons. The third-order valence-electron chi connectivity index (χ3n) is 3.39. The number of Topliss-reactive ketones (excluding diaryl/α,β-unsaturated/α-hetero) is 1. The molecule has 1 aromatic carbocycles. The lowest BCUT2D eigenvalue weighted by atomic mass is 9.91. The molecule has 3 heteroatoms. The lowest BCUT2D eigenvalue weighted by molar-refractivity contribution is -0.129. The predicted octanol–water partition coefficient (Wildman–Crippen LogP) is 1.99. The number of nitrogens with zero attached hydrogens (tertiary/aromatic N) is 2. The van der Waals surface area contributed by atoms with Gasteiger partial charge in [-0.1, -0.05) is 30.3 Å². The van der Waals surface area contributed by atoms with Crippen LogP contribution in [-0.2, 0) is 11.3 Å². The SMILES string of the molecule is CC1C(=O)C(C#N)CCN1Cc1ccccc1. The topological polar surface area (TPSA) is 44.1 Å². The zero-order chi connectivity index (χ0) is 12.3. The molecule has 1 heterocycles.